The largest absolute Gasteiger partial charge is 0.310 e. The third-order valence-electron chi connectivity index (χ3n) is 15.9. The molecule has 0 N–H and O–H groups in total. The summed E-state index contributed by atoms with van der Waals surface area (Å²) in [5, 5.41) is 7.90. The number of rotatable bonds is 12. The maximum Gasteiger partial charge on any atom is 0.0775 e. The minimum absolute atomic E-state index is 0.196. The predicted molar refractivity (Wildman–Crippen MR) is 341 cm³/mol. The minimum atomic E-state index is -1.40. The van der Waals surface area contributed by atoms with Crippen LogP contribution in [0.4, 0.5) is 34.1 Å². The van der Waals surface area contributed by atoms with Crippen LogP contribution in [0.25, 0.3) is 67.1 Å². The molecule has 0 bridgehead atoms. The molecule has 376 valence electrons. The first-order valence-corrected chi connectivity index (χ1v) is 34.2. The average Bonchev–Trinajstić information content (AvgIpc) is 3.84. The molecule has 0 amide bonds. The van der Waals surface area contributed by atoms with E-state index in [0.29, 0.717) is 0 Å². The van der Waals surface area contributed by atoms with Crippen LogP contribution in [0.2, 0.25) is 39.3 Å². The molecule has 1 aliphatic carbocycles. The summed E-state index contributed by atoms with van der Waals surface area (Å²) in [6, 6.07) is 90.4. The van der Waals surface area contributed by atoms with E-state index in [2.05, 4.69) is 318 Å². The van der Waals surface area contributed by atoms with Crippen molar-refractivity contribution in [1.29, 1.82) is 0 Å². The lowest BCUT2D eigenvalue weighted by Gasteiger charge is -2.28. The summed E-state index contributed by atoms with van der Waals surface area (Å²) in [7, 11) is -2.78. The fraction of sp³-hybridized carbons (Fsp3) is 0.123. The van der Waals surface area contributed by atoms with Crippen LogP contribution < -0.4 is 20.2 Å². The first-order chi connectivity index (χ1) is 37.2. The lowest BCUT2D eigenvalue weighted by atomic mass is 9.81. The van der Waals surface area contributed by atoms with Gasteiger partial charge in [-0.2, -0.15) is 0 Å². The molecular weight excluding hydrogens is 961 g/mol. The summed E-state index contributed by atoms with van der Waals surface area (Å²) in [6.07, 6.45) is 4.54. The van der Waals surface area contributed by atoms with E-state index in [1.807, 2.05) is 0 Å². The van der Waals surface area contributed by atoms with Crippen LogP contribution in [0, 0.1) is 0 Å². The molecule has 0 aromatic heterocycles. The number of anilines is 6. The standard InChI is InChI=1S/C73H66N2Si2/c1-73(2)71-46-52(28-42-69(71)70-44-36-64(50-72(70)73)75(60-21-13-10-14-22-60)62-24-16-18-56(48-62)54-33-39-66(40-34-54)77(6,7)8)26-25-51-27-41-67-57(45-51)29-30-58-49-63(35-43-68(58)67)74(59-19-11-9-12-20-59)61-23-15-17-55(47-61)53-31-37-65(38-32-53)76(3,4)5/h9-50H,1-8H3. The molecule has 0 radical (unpaired) electrons. The van der Waals surface area contributed by atoms with E-state index >= 15 is 0 Å². The van der Waals surface area contributed by atoms with Crippen molar-refractivity contribution in [3.05, 3.63) is 265 Å². The number of hydrogen-bond acceptors (Lipinski definition) is 2. The predicted octanol–water partition coefficient (Wildman–Crippen LogP) is 19.8. The molecule has 11 aromatic rings. The van der Waals surface area contributed by atoms with Crippen molar-refractivity contribution < 1.29 is 0 Å². The summed E-state index contributed by atoms with van der Waals surface area (Å²) in [5.74, 6) is 0. The van der Waals surface area contributed by atoms with Gasteiger partial charge in [-0.25, -0.2) is 0 Å². The van der Waals surface area contributed by atoms with Gasteiger partial charge in [0, 0.05) is 39.5 Å². The van der Waals surface area contributed by atoms with Gasteiger partial charge in [0.1, 0.15) is 0 Å². The third-order valence-corrected chi connectivity index (χ3v) is 20.0. The molecule has 4 heteroatoms. The molecule has 1 aliphatic rings. The van der Waals surface area contributed by atoms with Gasteiger partial charge in [0.15, 0.2) is 0 Å². The van der Waals surface area contributed by atoms with Crippen LogP contribution in [-0.2, 0) is 5.41 Å². The van der Waals surface area contributed by atoms with Crippen molar-refractivity contribution >= 4 is 94.3 Å². The topological polar surface area (TPSA) is 6.48 Å². The Bertz CT molecular complexity index is 4010. The summed E-state index contributed by atoms with van der Waals surface area (Å²) in [4.78, 5) is 4.79. The Hall–Kier alpha value is -8.29. The van der Waals surface area contributed by atoms with Gasteiger partial charge >= 0.3 is 0 Å². The zero-order chi connectivity index (χ0) is 53.1. The maximum atomic E-state index is 2.43. The molecule has 12 rings (SSSR count). The normalized spacial score (nSPS) is 13.0. The quantitative estimate of drug-likeness (QED) is 0.0684. The second-order valence-electron chi connectivity index (χ2n) is 23.5. The summed E-state index contributed by atoms with van der Waals surface area (Å²) < 4.78 is 0. The first-order valence-electron chi connectivity index (χ1n) is 27.2. The molecule has 0 atom stereocenters. The lowest BCUT2D eigenvalue weighted by Crippen LogP contribution is -2.37. The van der Waals surface area contributed by atoms with E-state index in [0.717, 1.165) is 34.1 Å². The van der Waals surface area contributed by atoms with Crippen molar-refractivity contribution in [2.45, 2.75) is 58.5 Å². The molecule has 0 fully saturated rings. The van der Waals surface area contributed by atoms with Crippen LogP contribution in [0.15, 0.2) is 243 Å². The van der Waals surface area contributed by atoms with E-state index in [4.69, 9.17) is 0 Å². The van der Waals surface area contributed by atoms with E-state index in [1.165, 1.54) is 87.6 Å². The van der Waals surface area contributed by atoms with Gasteiger partial charge < -0.3 is 9.80 Å². The number of nitrogens with zero attached hydrogens (tertiary/aromatic N) is 2. The maximum absolute atomic E-state index is 2.43. The van der Waals surface area contributed by atoms with Crippen LogP contribution in [-0.4, -0.2) is 16.1 Å². The zero-order valence-electron chi connectivity index (χ0n) is 45.6. The van der Waals surface area contributed by atoms with Crippen molar-refractivity contribution in [2.75, 3.05) is 9.80 Å². The molecule has 0 saturated carbocycles. The van der Waals surface area contributed by atoms with E-state index in [9.17, 15) is 0 Å². The fourth-order valence-electron chi connectivity index (χ4n) is 11.5. The molecule has 77 heavy (non-hydrogen) atoms. The van der Waals surface area contributed by atoms with Gasteiger partial charge in [-0.05, 0) is 156 Å². The Balaban J connectivity index is 0.809. The van der Waals surface area contributed by atoms with Crippen LogP contribution in [0.5, 0.6) is 0 Å². The van der Waals surface area contributed by atoms with Crippen molar-refractivity contribution in [2.24, 2.45) is 0 Å². The van der Waals surface area contributed by atoms with Crippen molar-refractivity contribution in [3.63, 3.8) is 0 Å². The molecule has 11 aromatic carbocycles. The Morgan fingerprint density at radius 2 is 0.714 bits per heavy atom. The molecule has 0 spiro atoms. The van der Waals surface area contributed by atoms with Crippen LogP contribution in [0.3, 0.4) is 0 Å². The van der Waals surface area contributed by atoms with Crippen molar-refractivity contribution in [3.8, 4) is 33.4 Å². The van der Waals surface area contributed by atoms with Gasteiger partial charge in [-0.3, -0.25) is 0 Å². The highest BCUT2D eigenvalue weighted by atomic mass is 28.3. The summed E-state index contributed by atoms with van der Waals surface area (Å²) in [6.45, 7) is 19.2. The van der Waals surface area contributed by atoms with Crippen LogP contribution in [0.1, 0.15) is 36.1 Å². The first kappa shape index (κ1) is 49.6. The zero-order valence-corrected chi connectivity index (χ0v) is 47.6. The van der Waals surface area contributed by atoms with E-state index < -0.39 is 16.1 Å². The second-order valence-corrected chi connectivity index (χ2v) is 33.7. The number of fused-ring (bicyclic) bond motifs is 6. The molecule has 0 unspecified atom stereocenters. The Labute approximate surface area is 458 Å². The highest BCUT2D eigenvalue weighted by Crippen LogP contribution is 2.51. The fourth-order valence-corrected chi connectivity index (χ4v) is 13.9. The third kappa shape index (κ3) is 9.69. The van der Waals surface area contributed by atoms with E-state index in [-0.39, 0.29) is 5.41 Å². The Morgan fingerprint density at radius 1 is 0.312 bits per heavy atom. The Kier molecular flexibility index (Phi) is 12.7. The number of hydrogen-bond donors (Lipinski definition) is 0. The van der Waals surface area contributed by atoms with Crippen molar-refractivity contribution in [1.82, 2.24) is 0 Å². The second kappa shape index (κ2) is 19.7. The van der Waals surface area contributed by atoms with Gasteiger partial charge in [0.05, 0.1) is 16.1 Å². The Morgan fingerprint density at radius 3 is 1.23 bits per heavy atom. The summed E-state index contributed by atoms with van der Waals surface area (Å²) >= 11 is 0. The molecule has 0 saturated heterocycles. The summed E-state index contributed by atoms with van der Waals surface area (Å²) in [5.41, 5.74) is 19.2. The molecule has 2 nitrogen and oxygen atoms in total. The average molecular weight is 1030 g/mol. The van der Waals surface area contributed by atoms with E-state index in [1.54, 1.807) is 0 Å². The monoisotopic (exact) mass is 1030 g/mol. The van der Waals surface area contributed by atoms with Gasteiger partial charge in [-0.1, -0.05) is 239 Å². The minimum Gasteiger partial charge on any atom is -0.310 e. The smallest absolute Gasteiger partial charge is 0.0775 e. The SMILES string of the molecule is CC1(C)c2cc(C=Cc3ccc4c(ccc5cc(N(c6ccccc6)c6cccc(-c7ccc([Si](C)(C)C)cc7)c6)ccc54)c3)ccc2-c2ccc(N(c3ccccc3)c3cccc(-c4ccc([Si](C)(C)C)cc4)c3)cc21. The van der Waals surface area contributed by atoms with Crippen LogP contribution >= 0.6 is 0 Å². The molecule has 0 aliphatic heterocycles. The molecule has 0 heterocycles. The number of para-hydroxylation sites is 2. The number of benzene rings is 11. The highest BCUT2D eigenvalue weighted by Gasteiger charge is 2.36. The van der Waals surface area contributed by atoms with Gasteiger partial charge in [-0.15, -0.1) is 0 Å². The molecular formula is C73H66N2Si2. The lowest BCUT2D eigenvalue weighted by molar-refractivity contribution is 0.660. The van der Waals surface area contributed by atoms with Gasteiger partial charge in [0.25, 0.3) is 0 Å². The van der Waals surface area contributed by atoms with Gasteiger partial charge in [0.2, 0.25) is 0 Å². The highest BCUT2D eigenvalue weighted by molar-refractivity contribution is 6.89.